The number of hydrogen-bond donors (Lipinski definition) is 1. The fraction of sp³-hybridized carbons (Fsp3) is 0.250. The van der Waals surface area contributed by atoms with E-state index in [1.165, 1.54) is 6.08 Å². The number of carbonyl (C=O) groups is 1. The summed E-state index contributed by atoms with van der Waals surface area (Å²) in [6.45, 7) is 3.89. The molecule has 1 rings (SSSR count). The van der Waals surface area contributed by atoms with Crippen molar-refractivity contribution in [3.8, 4) is 5.75 Å². The van der Waals surface area contributed by atoms with Crippen LogP contribution in [0.15, 0.2) is 30.3 Å². The van der Waals surface area contributed by atoms with Gasteiger partial charge in [0.25, 0.3) is 0 Å². The molecule has 1 aromatic carbocycles. The smallest absolute Gasteiger partial charge is 0.328 e. The zero-order valence-corrected chi connectivity index (χ0v) is 8.81. The molecule has 0 saturated carbocycles. The van der Waals surface area contributed by atoms with E-state index in [0.29, 0.717) is 0 Å². The highest BCUT2D eigenvalue weighted by molar-refractivity contribution is 5.85. The molecule has 0 saturated heterocycles. The van der Waals surface area contributed by atoms with Gasteiger partial charge in [0, 0.05) is 6.08 Å². The molecule has 1 aromatic rings. The van der Waals surface area contributed by atoms with Crippen LogP contribution in [-0.2, 0) is 4.79 Å². The summed E-state index contributed by atoms with van der Waals surface area (Å²) in [5, 5.41) is 8.47. The minimum atomic E-state index is -0.954. The molecule has 0 heterocycles. The summed E-state index contributed by atoms with van der Waals surface area (Å²) in [5.41, 5.74) is 0.815. The molecule has 0 bridgehead atoms. The molecule has 0 aromatic heterocycles. The molecule has 0 aliphatic carbocycles. The van der Waals surface area contributed by atoms with Gasteiger partial charge in [0.15, 0.2) is 0 Å². The topological polar surface area (TPSA) is 46.5 Å². The van der Waals surface area contributed by atoms with Crippen LogP contribution in [0.1, 0.15) is 19.4 Å². The van der Waals surface area contributed by atoms with Crippen molar-refractivity contribution in [3.63, 3.8) is 0 Å². The van der Waals surface area contributed by atoms with Crippen LogP contribution in [-0.4, -0.2) is 17.2 Å². The SMILES string of the molecule is CC(C)Oc1cccc(/C=C\C(=O)O)c1. The largest absolute Gasteiger partial charge is 0.491 e. The Labute approximate surface area is 89.0 Å². The minimum Gasteiger partial charge on any atom is -0.491 e. The van der Waals surface area contributed by atoms with Gasteiger partial charge in [-0.25, -0.2) is 4.79 Å². The lowest BCUT2D eigenvalue weighted by molar-refractivity contribution is -0.131. The third-order valence-corrected chi connectivity index (χ3v) is 1.65. The van der Waals surface area contributed by atoms with Crippen LogP contribution in [0.25, 0.3) is 6.08 Å². The van der Waals surface area contributed by atoms with E-state index in [4.69, 9.17) is 9.84 Å². The van der Waals surface area contributed by atoms with Gasteiger partial charge in [-0.2, -0.15) is 0 Å². The Hall–Kier alpha value is -1.77. The fourth-order valence-corrected chi connectivity index (χ4v) is 1.13. The van der Waals surface area contributed by atoms with Crippen molar-refractivity contribution in [1.29, 1.82) is 0 Å². The van der Waals surface area contributed by atoms with Crippen LogP contribution >= 0.6 is 0 Å². The molecule has 0 fully saturated rings. The molecule has 0 unspecified atom stereocenters. The fourth-order valence-electron chi connectivity index (χ4n) is 1.13. The first-order chi connectivity index (χ1) is 7.08. The third kappa shape index (κ3) is 4.31. The number of carboxylic acids is 1. The van der Waals surface area contributed by atoms with Gasteiger partial charge in [-0.1, -0.05) is 12.1 Å². The van der Waals surface area contributed by atoms with Crippen molar-refractivity contribution < 1.29 is 14.6 Å². The van der Waals surface area contributed by atoms with Crippen LogP contribution < -0.4 is 4.74 Å². The van der Waals surface area contributed by atoms with Gasteiger partial charge in [0.2, 0.25) is 0 Å². The van der Waals surface area contributed by atoms with Gasteiger partial charge >= 0.3 is 5.97 Å². The van der Waals surface area contributed by atoms with E-state index in [1.54, 1.807) is 6.07 Å². The van der Waals surface area contributed by atoms with Gasteiger partial charge in [-0.3, -0.25) is 0 Å². The van der Waals surface area contributed by atoms with Crippen molar-refractivity contribution in [2.75, 3.05) is 0 Å². The van der Waals surface area contributed by atoms with Crippen LogP contribution in [0, 0.1) is 0 Å². The highest BCUT2D eigenvalue weighted by atomic mass is 16.5. The van der Waals surface area contributed by atoms with Gasteiger partial charge < -0.3 is 9.84 Å². The predicted octanol–water partition coefficient (Wildman–Crippen LogP) is 2.57. The average molecular weight is 206 g/mol. The maximum atomic E-state index is 10.3. The Morgan fingerprint density at radius 2 is 2.20 bits per heavy atom. The minimum absolute atomic E-state index is 0.115. The van der Waals surface area contributed by atoms with E-state index in [2.05, 4.69) is 0 Å². The Morgan fingerprint density at radius 3 is 2.80 bits per heavy atom. The number of hydrogen-bond acceptors (Lipinski definition) is 2. The number of carboxylic acid groups (broad SMARTS) is 1. The number of aliphatic carboxylic acids is 1. The van der Waals surface area contributed by atoms with E-state index in [0.717, 1.165) is 17.4 Å². The lowest BCUT2D eigenvalue weighted by Crippen LogP contribution is -2.05. The third-order valence-electron chi connectivity index (χ3n) is 1.65. The van der Waals surface area contributed by atoms with Crippen LogP contribution in [0.5, 0.6) is 5.75 Å². The maximum absolute atomic E-state index is 10.3. The summed E-state index contributed by atoms with van der Waals surface area (Å²) >= 11 is 0. The summed E-state index contributed by atoms with van der Waals surface area (Å²) in [6, 6.07) is 7.31. The molecule has 3 heteroatoms. The summed E-state index contributed by atoms with van der Waals surface area (Å²) in [7, 11) is 0. The first-order valence-corrected chi connectivity index (χ1v) is 4.75. The van der Waals surface area contributed by atoms with Crippen molar-refractivity contribution in [1.82, 2.24) is 0 Å². The molecule has 80 valence electrons. The zero-order valence-electron chi connectivity index (χ0n) is 8.81. The molecule has 0 aliphatic rings. The molecule has 0 spiro atoms. The van der Waals surface area contributed by atoms with Crippen molar-refractivity contribution in [2.24, 2.45) is 0 Å². The Morgan fingerprint density at radius 1 is 1.47 bits per heavy atom. The second-order valence-corrected chi connectivity index (χ2v) is 3.41. The molecule has 0 atom stereocenters. The second-order valence-electron chi connectivity index (χ2n) is 3.41. The molecule has 3 nitrogen and oxygen atoms in total. The van der Waals surface area contributed by atoms with E-state index in [1.807, 2.05) is 32.0 Å². The molecular formula is C12H14O3. The average Bonchev–Trinajstić information content (AvgIpc) is 2.14. The van der Waals surface area contributed by atoms with E-state index >= 15 is 0 Å². The summed E-state index contributed by atoms with van der Waals surface area (Å²) in [6.07, 6.45) is 2.76. The lowest BCUT2D eigenvalue weighted by Gasteiger charge is -2.09. The highest BCUT2D eigenvalue weighted by Gasteiger charge is 1.97. The van der Waals surface area contributed by atoms with Crippen molar-refractivity contribution in [3.05, 3.63) is 35.9 Å². The highest BCUT2D eigenvalue weighted by Crippen LogP contribution is 2.15. The van der Waals surface area contributed by atoms with E-state index in [9.17, 15) is 4.79 Å². The van der Waals surface area contributed by atoms with Gasteiger partial charge in [-0.05, 0) is 37.6 Å². The number of rotatable bonds is 4. The molecule has 15 heavy (non-hydrogen) atoms. The Kier molecular flexibility index (Phi) is 3.92. The Balaban J connectivity index is 2.78. The van der Waals surface area contributed by atoms with Gasteiger partial charge in [-0.15, -0.1) is 0 Å². The normalized spacial score (nSPS) is 10.9. The van der Waals surface area contributed by atoms with Crippen LogP contribution in [0.2, 0.25) is 0 Å². The molecule has 0 aliphatic heterocycles. The predicted molar refractivity (Wildman–Crippen MR) is 58.9 cm³/mol. The lowest BCUT2D eigenvalue weighted by atomic mass is 10.2. The quantitative estimate of drug-likeness (QED) is 0.770. The zero-order chi connectivity index (χ0) is 11.3. The molecular weight excluding hydrogens is 192 g/mol. The summed E-state index contributed by atoms with van der Waals surface area (Å²) < 4.78 is 5.48. The van der Waals surface area contributed by atoms with Gasteiger partial charge in [0.1, 0.15) is 5.75 Å². The second kappa shape index (κ2) is 5.20. The monoisotopic (exact) mass is 206 g/mol. The Bertz CT molecular complexity index is 367. The number of benzene rings is 1. The summed E-state index contributed by atoms with van der Waals surface area (Å²) in [4.78, 5) is 10.3. The first kappa shape index (κ1) is 11.3. The van der Waals surface area contributed by atoms with Gasteiger partial charge in [0.05, 0.1) is 6.10 Å². The van der Waals surface area contributed by atoms with E-state index < -0.39 is 5.97 Å². The van der Waals surface area contributed by atoms with Crippen LogP contribution in [0.3, 0.4) is 0 Å². The number of ether oxygens (including phenoxy) is 1. The van der Waals surface area contributed by atoms with Crippen molar-refractivity contribution in [2.45, 2.75) is 20.0 Å². The molecule has 0 radical (unpaired) electrons. The summed E-state index contributed by atoms with van der Waals surface area (Å²) in [5.74, 6) is -0.206. The van der Waals surface area contributed by atoms with E-state index in [-0.39, 0.29) is 6.10 Å². The molecule has 1 N–H and O–H groups in total. The first-order valence-electron chi connectivity index (χ1n) is 4.75. The maximum Gasteiger partial charge on any atom is 0.328 e. The van der Waals surface area contributed by atoms with Crippen molar-refractivity contribution >= 4 is 12.0 Å². The van der Waals surface area contributed by atoms with Crippen LogP contribution in [0.4, 0.5) is 0 Å². The standard InChI is InChI=1S/C12H14O3/c1-9(2)15-11-5-3-4-10(8-11)6-7-12(13)14/h3-9H,1-2H3,(H,13,14)/b7-6-. The molecule has 0 amide bonds.